The third kappa shape index (κ3) is 5.08. The molecule has 1 amide bonds. The lowest BCUT2D eigenvalue weighted by Crippen LogP contribution is -2.52. The molecule has 0 fully saturated rings. The number of amides is 1. The van der Waals surface area contributed by atoms with Crippen molar-refractivity contribution in [1.82, 2.24) is 10.3 Å². The molecule has 6 heteroatoms. The number of hydrogen-bond acceptors (Lipinski definition) is 5. The highest BCUT2D eigenvalue weighted by atomic mass is 16.5. The summed E-state index contributed by atoms with van der Waals surface area (Å²) in [4.78, 5) is 13.3. The lowest BCUT2D eigenvalue weighted by atomic mass is 10.2. The molecule has 0 rings (SSSR count). The van der Waals surface area contributed by atoms with Crippen molar-refractivity contribution in [2.75, 3.05) is 33.4 Å². The van der Waals surface area contributed by atoms with Gasteiger partial charge in [-0.05, 0) is 13.0 Å². The Balaban J connectivity index is 4.42. The van der Waals surface area contributed by atoms with Crippen LogP contribution in [0.25, 0.3) is 0 Å². The first-order valence-electron chi connectivity index (χ1n) is 5.05. The van der Waals surface area contributed by atoms with Crippen molar-refractivity contribution in [3.05, 3.63) is 0 Å². The molecule has 1 unspecified atom stereocenters. The molecule has 0 aromatic rings. The number of nitrogens with zero attached hydrogens (tertiary/aromatic N) is 1. The van der Waals surface area contributed by atoms with Crippen molar-refractivity contribution in [3.63, 3.8) is 0 Å². The zero-order valence-corrected chi connectivity index (χ0v) is 9.40. The highest BCUT2D eigenvalue weighted by Gasteiger charge is 2.24. The van der Waals surface area contributed by atoms with E-state index >= 15 is 0 Å². The van der Waals surface area contributed by atoms with Gasteiger partial charge in [-0.3, -0.25) is 15.1 Å². The number of aliphatic hydroxyl groups excluding tert-OH is 1. The molecule has 0 aromatic carbocycles. The molecule has 0 bridgehead atoms. The van der Waals surface area contributed by atoms with Crippen LogP contribution in [0.1, 0.15) is 13.3 Å². The molecule has 0 radical (unpaired) electrons. The molecule has 0 aliphatic carbocycles. The summed E-state index contributed by atoms with van der Waals surface area (Å²) < 4.78 is 4.96. The number of nitrogens with one attached hydrogen (secondary N) is 1. The van der Waals surface area contributed by atoms with Crippen molar-refractivity contribution in [3.8, 4) is 0 Å². The van der Waals surface area contributed by atoms with Gasteiger partial charge in [0.25, 0.3) is 5.91 Å². The Morgan fingerprint density at radius 2 is 2.27 bits per heavy atom. The van der Waals surface area contributed by atoms with E-state index in [2.05, 4.69) is 5.43 Å². The maximum Gasteiger partial charge on any atom is 0.253 e. The molecule has 1 atom stereocenters. The van der Waals surface area contributed by atoms with Gasteiger partial charge in [-0.1, -0.05) is 6.92 Å². The van der Waals surface area contributed by atoms with E-state index in [9.17, 15) is 4.79 Å². The van der Waals surface area contributed by atoms with Crippen molar-refractivity contribution >= 4 is 5.91 Å². The molecule has 0 aromatic heterocycles. The van der Waals surface area contributed by atoms with Crippen LogP contribution in [-0.4, -0.2) is 55.4 Å². The largest absolute Gasteiger partial charge is 0.395 e. The van der Waals surface area contributed by atoms with Gasteiger partial charge in [-0.15, -0.1) is 0 Å². The fourth-order valence-corrected chi connectivity index (χ4v) is 1.44. The first kappa shape index (κ1) is 14.3. The molecule has 0 spiro atoms. The van der Waals surface area contributed by atoms with Gasteiger partial charge in [-0.2, -0.15) is 0 Å². The zero-order valence-electron chi connectivity index (χ0n) is 9.40. The molecule has 90 valence electrons. The molecular formula is C9H21N3O3. The number of carbonyl (C=O) groups excluding carboxylic acids is 1. The SMILES string of the molecule is CCCN(CCO)C(COC)C(=O)NN. The Labute approximate surface area is 90.3 Å². The first-order chi connectivity index (χ1) is 7.21. The van der Waals surface area contributed by atoms with Crippen LogP contribution in [-0.2, 0) is 9.53 Å². The summed E-state index contributed by atoms with van der Waals surface area (Å²) in [6, 6.07) is -0.438. The first-order valence-corrected chi connectivity index (χ1v) is 5.05. The summed E-state index contributed by atoms with van der Waals surface area (Å²) in [7, 11) is 1.53. The van der Waals surface area contributed by atoms with E-state index in [-0.39, 0.29) is 19.1 Å². The third-order valence-corrected chi connectivity index (χ3v) is 2.11. The van der Waals surface area contributed by atoms with Crippen molar-refractivity contribution < 1.29 is 14.6 Å². The molecule has 0 heterocycles. The van der Waals surface area contributed by atoms with Gasteiger partial charge in [0.1, 0.15) is 6.04 Å². The van der Waals surface area contributed by atoms with Gasteiger partial charge in [-0.25, -0.2) is 5.84 Å². The van der Waals surface area contributed by atoms with Crippen molar-refractivity contribution in [2.45, 2.75) is 19.4 Å². The second-order valence-electron chi connectivity index (χ2n) is 3.24. The number of ether oxygens (including phenoxy) is 1. The summed E-state index contributed by atoms with van der Waals surface area (Å²) in [5.74, 6) is 4.80. The minimum absolute atomic E-state index is 0.0120. The molecule has 4 N–H and O–H groups in total. The normalized spacial score (nSPS) is 12.9. The molecule has 0 aliphatic rings. The van der Waals surface area contributed by atoms with Crippen LogP contribution < -0.4 is 11.3 Å². The summed E-state index contributed by atoms with van der Waals surface area (Å²) in [6.45, 7) is 3.45. The van der Waals surface area contributed by atoms with E-state index in [1.165, 1.54) is 7.11 Å². The fraction of sp³-hybridized carbons (Fsp3) is 0.889. The molecule has 6 nitrogen and oxygen atoms in total. The zero-order chi connectivity index (χ0) is 11.7. The number of methoxy groups -OCH3 is 1. The predicted octanol–water partition coefficient (Wildman–Crippen LogP) is -1.30. The average molecular weight is 219 g/mol. The number of aliphatic hydroxyl groups is 1. The quantitative estimate of drug-likeness (QED) is 0.268. The topological polar surface area (TPSA) is 87.8 Å². The Kier molecular flexibility index (Phi) is 8.21. The Morgan fingerprint density at radius 1 is 1.60 bits per heavy atom. The number of nitrogens with two attached hydrogens (primary N) is 1. The van der Waals surface area contributed by atoms with Crippen LogP contribution in [0, 0.1) is 0 Å². The Bertz CT molecular complexity index is 172. The van der Waals surface area contributed by atoms with Gasteiger partial charge in [0.15, 0.2) is 0 Å². The fourth-order valence-electron chi connectivity index (χ4n) is 1.44. The van der Waals surface area contributed by atoms with Gasteiger partial charge in [0.2, 0.25) is 0 Å². The Hall–Kier alpha value is -0.690. The minimum Gasteiger partial charge on any atom is -0.395 e. The van der Waals surface area contributed by atoms with Crippen LogP contribution in [0.2, 0.25) is 0 Å². The highest BCUT2D eigenvalue weighted by molar-refractivity contribution is 5.81. The van der Waals surface area contributed by atoms with Crippen molar-refractivity contribution in [2.24, 2.45) is 5.84 Å². The van der Waals surface area contributed by atoms with Crippen molar-refractivity contribution in [1.29, 1.82) is 0 Å². The van der Waals surface area contributed by atoms with Crippen LogP contribution in [0.5, 0.6) is 0 Å². The summed E-state index contributed by atoms with van der Waals surface area (Å²) >= 11 is 0. The molecule has 0 saturated heterocycles. The van der Waals surface area contributed by atoms with Gasteiger partial charge >= 0.3 is 0 Å². The van der Waals surface area contributed by atoms with Crippen LogP contribution in [0.4, 0.5) is 0 Å². The van der Waals surface area contributed by atoms with E-state index in [4.69, 9.17) is 15.7 Å². The maximum atomic E-state index is 11.5. The second kappa shape index (κ2) is 8.60. The highest BCUT2D eigenvalue weighted by Crippen LogP contribution is 2.01. The van der Waals surface area contributed by atoms with E-state index in [1.807, 2.05) is 11.8 Å². The van der Waals surface area contributed by atoms with E-state index in [0.29, 0.717) is 6.54 Å². The van der Waals surface area contributed by atoms with Gasteiger partial charge < -0.3 is 9.84 Å². The van der Waals surface area contributed by atoms with Gasteiger partial charge in [0, 0.05) is 13.7 Å². The number of hydrazine groups is 1. The van der Waals surface area contributed by atoms with Crippen LogP contribution in [0.15, 0.2) is 0 Å². The number of rotatable bonds is 8. The number of hydrogen-bond donors (Lipinski definition) is 3. The standard InChI is InChI=1S/C9H21N3O3/c1-3-4-12(5-6-13)8(7-15-2)9(14)11-10/h8,13H,3-7,10H2,1-2H3,(H,11,14). The molecule has 0 saturated carbocycles. The minimum atomic E-state index is -0.438. The van der Waals surface area contributed by atoms with Crippen LogP contribution >= 0.6 is 0 Å². The van der Waals surface area contributed by atoms with E-state index in [0.717, 1.165) is 13.0 Å². The molecule has 15 heavy (non-hydrogen) atoms. The second-order valence-corrected chi connectivity index (χ2v) is 3.24. The molecular weight excluding hydrogens is 198 g/mol. The summed E-state index contributed by atoms with van der Waals surface area (Å²) in [6.07, 6.45) is 0.901. The average Bonchev–Trinajstić information content (AvgIpc) is 2.25. The lowest BCUT2D eigenvalue weighted by molar-refractivity contribution is -0.128. The van der Waals surface area contributed by atoms with E-state index in [1.54, 1.807) is 0 Å². The Morgan fingerprint density at radius 3 is 2.67 bits per heavy atom. The van der Waals surface area contributed by atoms with Gasteiger partial charge in [0.05, 0.1) is 13.2 Å². The third-order valence-electron chi connectivity index (χ3n) is 2.11. The smallest absolute Gasteiger partial charge is 0.253 e. The lowest BCUT2D eigenvalue weighted by Gasteiger charge is -2.28. The molecule has 0 aliphatic heterocycles. The summed E-state index contributed by atoms with van der Waals surface area (Å²) in [5, 5.41) is 8.89. The summed E-state index contributed by atoms with van der Waals surface area (Å²) in [5.41, 5.74) is 2.10. The predicted molar refractivity (Wildman–Crippen MR) is 56.9 cm³/mol. The van der Waals surface area contributed by atoms with E-state index < -0.39 is 6.04 Å². The van der Waals surface area contributed by atoms with Crippen LogP contribution in [0.3, 0.4) is 0 Å². The monoisotopic (exact) mass is 219 g/mol. The maximum absolute atomic E-state index is 11.5. The number of carbonyl (C=O) groups is 1.